The van der Waals surface area contributed by atoms with Crippen molar-refractivity contribution in [1.29, 1.82) is 0 Å². The first-order valence-corrected chi connectivity index (χ1v) is 9.61. The summed E-state index contributed by atoms with van der Waals surface area (Å²) in [4.78, 5) is 14.3. The number of benzene rings is 1. The fraction of sp³-hybridized carbons (Fsp3) is 0.500. The van der Waals surface area contributed by atoms with Crippen LogP contribution in [0.25, 0.3) is 0 Å². The third kappa shape index (κ3) is 5.60. The molecule has 1 N–H and O–H groups in total. The summed E-state index contributed by atoms with van der Waals surface area (Å²) in [6.45, 7) is 10.8. The van der Waals surface area contributed by atoms with E-state index in [4.69, 9.17) is 11.6 Å². The summed E-state index contributed by atoms with van der Waals surface area (Å²) in [5.41, 5.74) is 3.38. The molecule has 1 aliphatic heterocycles. The van der Waals surface area contributed by atoms with Gasteiger partial charge in [0.1, 0.15) is 0 Å². The first-order valence-electron chi connectivity index (χ1n) is 9.24. The molecule has 0 saturated carbocycles. The van der Waals surface area contributed by atoms with E-state index in [1.165, 1.54) is 5.56 Å². The molecular weight excluding hydrogens is 334 g/mol. The van der Waals surface area contributed by atoms with E-state index in [1.807, 2.05) is 63.8 Å². The molecule has 1 aliphatic rings. The molecule has 4 nitrogen and oxygen atoms in total. The summed E-state index contributed by atoms with van der Waals surface area (Å²) in [5.74, 6) is 0.956. The predicted octanol–water partition coefficient (Wildman–Crippen LogP) is 5.34. The Morgan fingerprint density at radius 1 is 1.20 bits per heavy atom. The number of H-pyrrole nitrogens is 1. The smallest absolute Gasteiger partial charge is 0.228 e. The summed E-state index contributed by atoms with van der Waals surface area (Å²) in [5, 5.41) is 7.99. The van der Waals surface area contributed by atoms with E-state index in [-0.39, 0.29) is 5.91 Å². The van der Waals surface area contributed by atoms with Crippen LogP contribution in [0.3, 0.4) is 0 Å². The summed E-state index contributed by atoms with van der Waals surface area (Å²) in [7, 11) is 0. The van der Waals surface area contributed by atoms with Crippen LogP contribution in [0.5, 0.6) is 0 Å². The Hall–Kier alpha value is -1.81. The fourth-order valence-corrected chi connectivity index (χ4v) is 2.89. The molecule has 25 heavy (non-hydrogen) atoms. The quantitative estimate of drug-likeness (QED) is 0.800. The van der Waals surface area contributed by atoms with Gasteiger partial charge in [0.25, 0.3) is 0 Å². The third-order valence-electron chi connectivity index (χ3n) is 3.96. The molecule has 5 heteroatoms. The number of rotatable bonds is 3. The van der Waals surface area contributed by atoms with Gasteiger partial charge in [-0.1, -0.05) is 51.4 Å². The number of nitrogens with zero attached hydrogens (tertiary/aromatic N) is 2. The zero-order valence-corrected chi connectivity index (χ0v) is 16.8. The molecular formula is C20H30ClN3O. The minimum Gasteiger partial charge on any atom is -0.295 e. The van der Waals surface area contributed by atoms with Gasteiger partial charge in [-0.05, 0) is 43.9 Å². The van der Waals surface area contributed by atoms with Crippen LogP contribution in [0, 0.1) is 6.92 Å². The van der Waals surface area contributed by atoms with E-state index < -0.39 is 0 Å². The topological polar surface area (TPSA) is 49.0 Å². The van der Waals surface area contributed by atoms with Crippen molar-refractivity contribution in [3.8, 4) is 0 Å². The lowest BCUT2D eigenvalue weighted by Crippen LogP contribution is -2.35. The lowest BCUT2D eigenvalue weighted by atomic mass is 10.0. The highest BCUT2D eigenvalue weighted by molar-refractivity contribution is 6.30. The van der Waals surface area contributed by atoms with E-state index in [9.17, 15) is 4.79 Å². The molecule has 0 spiro atoms. The number of nitrogens with one attached hydrogen (secondary N) is 1. The normalized spacial score (nSPS) is 12.3. The van der Waals surface area contributed by atoms with E-state index in [1.54, 1.807) is 0 Å². The summed E-state index contributed by atoms with van der Waals surface area (Å²) in [6, 6.07) is 7.65. The number of fused-ring (bicyclic) bond motifs is 1. The number of anilines is 1. The van der Waals surface area contributed by atoms with Crippen LogP contribution < -0.4 is 4.90 Å². The number of carbonyl (C=O) groups is 1. The highest BCUT2D eigenvalue weighted by Gasteiger charge is 2.25. The molecule has 0 radical (unpaired) electrons. The van der Waals surface area contributed by atoms with E-state index in [0.29, 0.717) is 6.42 Å². The molecule has 0 bridgehead atoms. The van der Waals surface area contributed by atoms with Gasteiger partial charge in [-0.25, -0.2) is 0 Å². The molecule has 138 valence electrons. The first-order chi connectivity index (χ1) is 12.1. The molecule has 1 aromatic carbocycles. The number of aromatic nitrogens is 2. The Labute approximate surface area is 156 Å². The van der Waals surface area contributed by atoms with Gasteiger partial charge in [0, 0.05) is 29.2 Å². The maximum atomic E-state index is 12.5. The largest absolute Gasteiger partial charge is 0.295 e. The molecule has 0 fully saturated rings. The maximum absolute atomic E-state index is 12.5. The highest BCUT2D eigenvalue weighted by Crippen LogP contribution is 2.27. The number of aromatic amines is 1. The van der Waals surface area contributed by atoms with Crippen LogP contribution in [0.2, 0.25) is 5.02 Å². The Morgan fingerprint density at radius 2 is 1.84 bits per heavy atom. The average molecular weight is 364 g/mol. The number of amides is 1. The van der Waals surface area contributed by atoms with Gasteiger partial charge in [-0.15, -0.1) is 0 Å². The van der Waals surface area contributed by atoms with Gasteiger partial charge in [0.05, 0.1) is 0 Å². The van der Waals surface area contributed by atoms with Gasteiger partial charge >= 0.3 is 0 Å². The van der Waals surface area contributed by atoms with Gasteiger partial charge in [-0.2, -0.15) is 5.10 Å². The van der Waals surface area contributed by atoms with Crippen molar-refractivity contribution in [3.63, 3.8) is 0 Å². The van der Waals surface area contributed by atoms with Crippen LogP contribution in [-0.2, 0) is 17.6 Å². The Bertz CT molecular complexity index is 649. The SMILES string of the molecule is CC.CC.Cc1[nH]nc2c1CCCN2C(=O)CCc1ccc(Cl)cc1. The van der Waals surface area contributed by atoms with Crippen LogP contribution in [0.4, 0.5) is 5.82 Å². The molecule has 3 rings (SSSR count). The third-order valence-corrected chi connectivity index (χ3v) is 4.21. The number of hydrogen-bond acceptors (Lipinski definition) is 2. The molecule has 2 heterocycles. The van der Waals surface area contributed by atoms with Crippen molar-refractivity contribution in [2.75, 3.05) is 11.4 Å². The summed E-state index contributed by atoms with van der Waals surface area (Å²) < 4.78 is 0. The van der Waals surface area contributed by atoms with Crippen molar-refractivity contribution in [2.24, 2.45) is 0 Å². The number of hydrogen-bond donors (Lipinski definition) is 1. The van der Waals surface area contributed by atoms with Crippen LogP contribution in [0.1, 0.15) is 57.4 Å². The molecule has 1 amide bonds. The Morgan fingerprint density at radius 3 is 2.48 bits per heavy atom. The predicted molar refractivity (Wildman–Crippen MR) is 106 cm³/mol. The zero-order valence-electron chi connectivity index (χ0n) is 16.0. The Balaban J connectivity index is 0.000000730. The molecule has 1 aromatic heterocycles. The lowest BCUT2D eigenvalue weighted by molar-refractivity contribution is -0.118. The second kappa shape index (κ2) is 10.9. The molecule has 2 aromatic rings. The lowest BCUT2D eigenvalue weighted by Gasteiger charge is -2.25. The second-order valence-corrected chi connectivity index (χ2v) is 5.86. The van der Waals surface area contributed by atoms with Gasteiger partial charge < -0.3 is 0 Å². The molecule has 0 unspecified atom stereocenters. The molecule has 0 atom stereocenters. The van der Waals surface area contributed by atoms with Gasteiger partial charge in [0.15, 0.2) is 5.82 Å². The van der Waals surface area contributed by atoms with E-state index >= 15 is 0 Å². The van der Waals surface area contributed by atoms with Crippen LogP contribution in [0.15, 0.2) is 24.3 Å². The second-order valence-electron chi connectivity index (χ2n) is 5.43. The van der Waals surface area contributed by atoms with E-state index in [0.717, 1.165) is 47.9 Å². The zero-order chi connectivity index (χ0) is 18.8. The van der Waals surface area contributed by atoms with Crippen molar-refractivity contribution in [3.05, 3.63) is 46.1 Å². The van der Waals surface area contributed by atoms with Crippen LogP contribution in [-0.4, -0.2) is 22.6 Å². The van der Waals surface area contributed by atoms with E-state index in [2.05, 4.69) is 10.2 Å². The standard InChI is InChI=1S/C16H18ClN3O.2C2H6/c1-11-14-3-2-10-20(16(14)19-18-11)15(21)9-6-12-4-7-13(17)8-5-12;2*1-2/h4-5,7-8H,2-3,6,9-10H2,1H3,(H,18,19);2*1-2H3. The number of carbonyl (C=O) groups excluding carboxylic acids is 1. The van der Waals surface area contributed by atoms with Crippen molar-refractivity contribution in [2.45, 2.75) is 60.3 Å². The minimum atomic E-state index is 0.136. The minimum absolute atomic E-state index is 0.136. The van der Waals surface area contributed by atoms with Crippen molar-refractivity contribution in [1.82, 2.24) is 10.2 Å². The molecule has 0 saturated heterocycles. The average Bonchev–Trinajstić information content (AvgIpc) is 3.05. The van der Waals surface area contributed by atoms with Gasteiger partial charge in [-0.3, -0.25) is 14.8 Å². The maximum Gasteiger partial charge on any atom is 0.228 e. The number of halogens is 1. The van der Waals surface area contributed by atoms with Crippen molar-refractivity contribution < 1.29 is 4.79 Å². The fourth-order valence-electron chi connectivity index (χ4n) is 2.76. The first kappa shape index (κ1) is 21.2. The Kier molecular flexibility index (Phi) is 9.28. The summed E-state index contributed by atoms with van der Waals surface area (Å²) >= 11 is 5.87. The van der Waals surface area contributed by atoms with Crippen molar-refractivity contribution >= 4 is 23.3 Å². The highest BCUT2D eigenvalue weighted by atomic mass is 35.5. The monoisotopic (exact) mass is 363 g/mol. The summed E-state index contributed by atoms with van der Waals surface area (Å²) in [6.07, 6.45) is 3.22. The molecule has 0 aliphatic carbocycles. The van der Waals surface area contributed by atoms with Crippen LogP contribution >= 0.6 is 11.6 Å². The number of aryl methyl sites for hydroxylation is 2. The van der Waals surface area contributed by atoms with Gasteiger partial charge in [0.2, 0.25) is 5.91 Å².